The maximum Gasteiger partial charge on any atom is 0.240 e. The molecular formula is C20H25NO4S. The molecule has 3 rings (SSSR count). The van der Waals surface area contributed by atoms with Crippen LogP contribution < -0.4 is 14.2 Å². The Hall–Kier alpha value is -2.05. The van der Waals surface area contributed by atoms with E-state index in [0.29, 0.717) is 17.9 Å². The first-order valence-corrected chi connectivity index (χ1v) is 10.1. The van der Waals surface area contributed by atoms with Gasteiger partial charge < -0.3 is 9.47 Å². The number of nitrogens with one attached hydrogen (secondary N) is 1. The summed E-state index contributed by atoms with van der Waals surface area (Å²) in [5, 5.41) is 0. The largest absolute Gasteiger partial charge is 0.493 e. The molecule has 5 nitrogen and oxygen atoms in total. The zero-order valence-electron chi connectivity index (χ0n) is 15.6. The van der Waals surface area contributed by atoms with Crippen LogP contribution in [-0.4, -0.2) is 28.2 Å². The molecule has 1 heterocycles. The molecule has 1 N–H and O–H groups in total. The minimum atomic E-state index is -3.60. The van der Waals surface area contributed by atoms with Crippen LogP contribution in [0.1, 0.15) is 31.9 Å². The summed E-state index contributed by atoms with van der Waals surface area (Å²) in [6, 6.07) is 12.4. The van der Waals surface area contributed by atoms with Gasteiger partial charge in [-0.3, -0.25) is 0 Å². The molecule has 1 atom stereocenters. The lowest BCUT2D eigenvalue weighted by molar-refractivity contribution is 0.240. The minimum Gasteiger partial charge on any atom is -0.493 e. The monoisotopic (exact) mass is 375 g/mol. The van der Waals surface area contributed by atoms with Crippen molar-refractivity contribution in [3.63, 3.8) is 0 Å². The number of methoxy groups -OCH3 is 1. The third kappa shape index (κ3) is 3.86. The SMILES string of the molecule is COc1cccc2c1OC[C@@H](NS(=O)(=O)c1ccc(C(C)(C)C)cc1)C2. The van der Waals surface area contributed by atoms with E-state index in [2.05, 4.69) is 25.5 Å². The first-order valence-electron chi connectivity index (χ1n) is 8.62. The number of hydrogen-bond donors (Lipinski definition) is 1. The predicted molar refractivity (Wildman–Crippen MR) is 101 cm³/mol. The van der Waals surface area contributed by atoms with Crippen LogP contribution in [0.15, 0.2) is 47.4 Å². The highest BCUT2D eigenvalue weighted by atomic mass is 32.2. The lowest BCUT2D eigenvalue weighted by Crippen LogP contribution is -2.42. The van der Waals surface area contributed by atoms with Crippen molar-refractivity contribution in [3.8, 4) is 11.5 Å². The number of fused-ring (bicyclic) bond motifs is 1. The molecule has 140 valence electrons. The summed E-state index contributed by atoms with van der Waals surface area (Å²) >= 11 is 0. The average Bonchev–Trinajstić information content (AvgIpc) is 2.60. The smallest absolute Gasteiger partial charge is 0.240 e. The van der Waals surface area contributed by atoms with Crippen LogP contribution >= 0.6 is 0 Å². The summed E-state index contributed by atoms with van der Waals surface area (Å²) in [6.07, 6.45) is 0.561. The van der Waals surface area contributed by atoms with E-state index in [-0.39, 0.29) is 23.0 Å². The van der Waals surface area contributed by atoms with Crippen molar-refractivity contribution in [3.05, 3.63) is 53.6 Å². The summed E-state index contributed by atoms with van der Waals surface area (Å²) in [7, 11) is -2.01. The molecule has 0 spiro atoms. The number of benzene rings is 2. The summed E-state index contributed by atoms with van der Waals surface area (Å²) in [5.74, 6) is 1.36. The fourth-order valence-electron chi connectivity index (χ4n) is 3.05. The molecule has 0 saturated carbocycles. The van der Waals surface area contributed by atoms with Gasteiger partial charge >= 0.3 is 0 Å². The second-order valence-corrected chi connectivity index (χ2v) is 9.27. The van der Waals surface area contributed by atoms with Crippen molar-refractivity contribution in [2.75, 3.05) is 13.7 Å². The second kappa shape index (κ2) is 6.93. The van der Waals surface area contributed by atoms with Gasteiger partial charge in [0, 0.05) is 0 Å². The van der Waals surface area contributed by atoms with E-state index < -0.39 is 10.0 Å². The highest BCUT2D eigenvalue weighted by Gasteiger charge is 2.27. The van der Waals surface area contributed by atoms with Crippen LogP contribution in [-0.2, 0) is 21.9 Å². The maximum atomic E-state index is 12.7. The standard InChI is InChI=1S/C20H25NO4S/c1-20(2,3)15-8-10-17(11-9-15)26(22,23)21-16-12-14-6-5-7-18(24-4)19(14)25-13-16/h5-11,16,21H,12-13H2,1-4H3/t16-/m0/s1. The molecule has 2 aromatic carbocycles. The lowest BCUT2D eigenvalue weighted by Gasteiger charge is -2.27. The van der Waals surface area contributed by atoms with Gasteiger partial charge in [0.25, 0.3) is 0 Å². The van der Waals surface area contributed by atoms with Crippen molar-refractivity contribution < 1.29 is 17.9 Å². The number of rotatable bonds is 4. The van der Waals surface area contributed by atoms with Crippen LogP contribution in [0.25, 0.3) is 0 Å². The summed E-state index contributed by atoms with van der Waals surface area (Å²) in [5.41, 5.74) is 2.01. The zero-order valence-corrected chi connectivity index (χ0v) is 16.4. The minimum absolute atomic E-state index is 0.0182. The number of sulfonamides is 1. The van der Waals surface area contributed by atoms with E-state index in [9.17, 15) is 8.42 Å². The Balaban J connectivity index is 1.76. The third-order valence-corrected chi connectivity index (χ3v) is 6.06. The van der Waals surface area contributed by atoms with Gasteiger partial charge in [0.2, 0.25) is 10.0 Å². The predicted octanol–water partition coefficient (Wildman–Crippen LogP) is 3.27. The van der Waals surface area contributed by atoms with E-state index in [4.69, 9.17) is 9.47 Å². The topological polar surface area (TPSA) is 64.6 Å². The van der Waals surface area contributed by atoms with Gasteiger partial charge in [-0.05, 0) is 41.2 Å². The van der Waals surface area contributed by atoms with Gasteiger partial charge in [-0.2, -0.15) is 0 Å². The quantitative estimate of drug-likeness (QED) is 0.891. The van der Waals surface area contributed by atoms with Crippen LogP contribution in [0.5, 0.6) is 11.5 Å². The van der Waals surface area contributed by atoms with Crippen molar-refractivity contribution in [2.24, 2.45) is 0 Å². The van der Waals surface area contributed by atoms with Crippen LogP contribution in [0.3, 0.4) is 0 Å². The average molecular weight is 375 g/mol. The Labute approximate surface area is 155 Å². The molecule has 26 heavy (non-hydrogen) atoms. The Morgan fingerprint density at radius 1 is 1.12 bits per heavy atom. The van der Waals surface area contributed by atoms with E-state index in [1.54, 1.807) is 19.2 Å². The van der Waals surface area contributed by atoms with E-state index in [1.165, 1.54) is 0 Å². The molecule has 0 radical (unpaired) electrons. The molecule has 1 aliphatic heterocycles. The van der Waals surface area contributed by atoms with Crippen molar-refractivity contribution in [1.82, 2.24) is 4.72 Å². The molecule has 2 aromatic rings. The first-order chi connectivity index (χ1) is 12.2. The zero-order chi connectivity index (χ0) is 18.9. The highest BCUT2D eigenvalue weighted by molar-refractivity contribution is 7.89. The molecule has 6 heteroatoms. The Bertz CT molecular complexity index is 883. The molecule has 0 aliphatic carbocycles. The first kappa shape index (κ1) is 18.7. The van der Waals surface area contributed by atoms with Crippen molar-refractivity contribution in [1.29, 1.82) is 0 Å². The molecule has 0 aromatic heterocycles. The number of ether oxygens (including phenoxy) is 2. The maximum absolute atomic E-state index is 12.7. The second-order valence-electron chi connectivity index (χ2n) is 7.56. The fourth-order valence-corrected chi connectivity index (χ4v) is 4.27. The van der Waals surface area contributed by atoms with Gasteiger partial charge in [-0.15, -0.1) is 0 Å². The number of hydrogen-bond acceptors (Lipinski definition) is 4. The Morgan fingerprint density at radius 3 is 2.42 bits per heavy atom. The van der Waals surface area contributed by atoms with E-state index in [1.807, 2.05) is 30.3 Å². The van der Waals surface area contributed by atoms with E-state index in [0.717, 1.165) is 11.1 Å². The molecule has 0 fully saturated rings. The van der Waals surface area contributed by atoms with Gasteiger partial charge in [-0.25, -0.2) is 13.1 Å². The van der Waals surface area contributed by atoms with Crippen LogP contribution in [0, 0.1) is 0 Å². The van der Waals surface area contributed by atoms with Crippen molar-refractivity contribution in [2.45, 2.75) is 43.5 Å². The summed E-state index contributed by atoms with van der Waals surface area (Å²) in [4.78, 5) is 0.266. The Morgan fingerprint density at radius 2 is 1.81 bits per heavy atom. The van der Waals surface area contributed by atoms with Crippen LogP contribution in [0.4, 0.5) is 0 Å². The Kier molecular flexibility index (Phi) is 4.99. The van der Waals surface area contributed by atoms with Gasteiger partial charge in [0.15, 0.2) is 11.5 Å². The molecule has 0 amide bonds. The van der Waals surface area contributed by atoms with E-state index >= 15 is 0 Å². The highest BCUT2D eigenvalue weighted by Crippen LogP contribution is 2.34. The third-order valence-electron chi connectivity index (χ3n) is 4.53. The van der Waals surface area contributed by atoms with Gasteiger partial charge in [0.1, 0.15) is 6.61 Å². The van der Waals surface area contributed by atoms with Crippen LogP contribution in [0.2, 0.25) is 0 Å². The molecule has 0 unspecified atom stereocenters. The summed E-state index contributed by atoms with van der Waals surface area (Å²) in [6.45, 7) is 6.56. The van der Waals surface area contributed by atoms with Gasteiger partial charge in [0.05, 0.1) is 18.0 Å². The van der Waals surface area contributed by atoms with Gasteiger partial charge in [-0.1, -0.05) is 45.0 Å². The summed E-state index contributed by atoms with van der Waals surface area (Å²) < 4.78 is 39.2. The molecule has 1 aliphatic rings. The lowest BCUT2D eigenvalue weighted by atomic mass is 9.87. The molecule has 0 saturated heterocycles. The van der Waals surface area contributed by atoms with Crippen molar-refractivity contribution >= 4 is 10.0 Å². The number of para-hydroxylation sites is 1. The molecular weight excluding hydrogens is 350 g/mol. The molecule has 0 bridgehead atoms. The normalized spacial score (nSPS) is 17.3. The fraction of sp³-hybridized carbons (Fsp3) is 0.400.